The zero-order chi connectivity index (χ0) is 17.9. The Kier molecular flexibility index (Phi) is 5.87. The van der Waals surface area contributed by atoms with Crippen molar-refractivity contribution in [2.45, 2.75) is 32.2 Å². The van der Waals surface area contributed by atoms with Crippen molar-refractivity contribution in [2.75, 3.05) is 33.5 Å². The molecular formula is C17H26N2O4S. The number of ether oxygens (including phenoxy) is 1. The summed E-state index contributed by atoms with van der Waals surface area (Å²) in [6.45, 7) is 3.15. The molecule has 0 bridgehead atoms. The molecule has 1 saturated heterocycles. The van der Waals surface area contributed by atoms with Gasteiger partial charge in [0.1, 0.15) is 5.75 Å². The number of rotatable bonds is 5. The maximum absolute atomic E-state index is 12.5. The lowest BCUT2D eigenvalue weighted by Crippen LogP contribution is -2.47. The van der Waals surface area contributed by atoms with Crippen LogP contribution in [0.4, 0.5) is 0 Å². The van der Waals surface area contributed by atoms with Crippen LogP contribution in [0.3, 0.4) is 0 Å². The van der Waals surface area contributed by atoms with E-state index in [2.05, 4.69) is 0 Å². The zero-order valence-electron chi connectivity index (χ0n) is 14.8. The number of hydrogen-bond acceptors (Lipinski definition) is 4. The first-order valence-electron chi connectivity index (χ1n) is 8.06. The minimum absolute atomic E-state index is 0.0245. The van der Waals surface area contributed by atoms with Crippen LogP contribution < -0.4 is 4.74 Å². The molecule has 0 aliphatic carbocycles. The highest BCUT2D eigenvalue weighted by Crippen LogP contribution is 2.21. The van der Waals surface area contributed by atoms with Gasteiger partial charge in [-0.1, -0.05) is 12.1 Å². The number of methoxy groups -OCH3 is 1. The molecule has 1 aliphatic heterocycles. The molecule has 24 heavy (non-hydrogen) atoms. The van der Waals surface area contributed by atoms with Crippen molar-refractivity contribution in [3.05, 3.63) is 29.3 Å². The first kappa shape index (κ1) is 18.7. The lowest BCUT2D eigenvalue weighted by Gasteiger charge is -2.35. The Morgan fingerprint density at radius 2 is 1.96 bits per heavy atom. The van der Waals surface area contributed by atoms with Crippen molar-refractivity contribution in [2.24, 2.45) is 0 Å². The molecule has 0 saturated carbocycles. The van der Waals surface area contributed by atoms with Crippen LogP contribution in [0.1, 0.15) is 24.0 Å². The number of carbonyl (C=O) groups is 1. The summed E-state index contributed by atoms with van der Waals surface area (Å²) in [5, 5.41) is 0. The predicted octanol–water partition coefficient (Wildman–Crippen LogP) is 1.43. The van der Waals surface area contributed by atoms with Crippen LogP contribution >= 0.6 is 0 Å². The average Bonchev–Trinajstić information content (AvgIpc) is 2.55. The third-order valence-corrected chi connectivity index (χ3v) is 6.03. The van der Waals surface area contributed by atoms with Gasteiger partial charge in [-0.15, -0.1) is 0 Å². The lowest BCUT2D eigenvalue weighted by atomic mass is 10.0. The normalized spacial score (nSPS) is 16.5. The number of nitrogens with zero attached hydrogens (tertiary/aromatic N) is 2. The summed E-state index contributed by atoms with van der Waals surface area (Å²) in [4.78, 5) is 14.3. The topological polar surface area (TPSA) is 66.9 Å². The molecule has 0 unspecified atom stereocenters. The van der Waals surface area contributed by atoms with Gasteiger partial charge < -0.3 is 9.64 Å². The van der Waals surface area contributed by atoms with Gasteiger partial charge in [-0.05, 0) is 37.0 Å². The molecule has 6 nitrogen and oxygen atoms in total. The van der Waals surface area contributed by atoms with Gasteiger partial charge in [0.2, 0.25) is 15.9 Å². The van der Waals surface area contributed by atoms with Gasteiger partial charge in [0, 0.05) is 26.2 Å². The van der Waals surface area contributed by atoms with E-state index in [0.717, 1.165) is 16.9 Å². The summed E-state index contributed by atoms with van der Waals surface area (Å²) in [5.74, 6) is 0.857. The summed E-state index contributed by atoms with van der Waals surface area (Å²) < 4.78 is 29.9. The summed E-state index contributed by atoms with van der Waals surface area (Å²) in [6.07, 6.45) is 2.90. The number of aryl methyl sites for hydroxylation is 1. The van der Waals surface area contributed by atoms with E-state index >= 15 is 0 Å². The van der Waals surface area contributed by atoms with Gasteiger partial charge in [-0.3, -0.25) is 4.79 Å². The first-order chi connectivity index (χ1) is 11.2. The van der Waals surface area contributed by atoms with Crippen LogP contribution in [0.15, 0.2) is 18.2 Å². The van der Waals surface area contributed by atoms with Crippen molar-refractivity contribution in [3.8, 4) is 5.75 Å². The van der Waals surface area contributed by atoms with E-state index in [1.807, 2.05) is 30.0 Å². The Hall–Kier alpha value is -1.60. The molecule has 7 heteroatoms. The van der Waals surface area contributed by atoms with E-state index in [4.69, 9.17) is 4.74 Å². The molecule has 1 heterocycles. The van der Waals surface area contributed by atoms with Crippen molar-refractivity contribution < 1.29 is 17.9 Å². The second-order valence-corrected chi connectivity index (χ2v) is 8.41. The molecule has 2 rings (SSSR count). The Balaban J connectivity index is 1.94. The van der Waals surface area contributed by atoms with E-state index < -0.39 is 10.0 Å². The van der Waals surface area contributed by atoms with Crippen molar-refractivity contribution >= 4 is 15.9 Å². The first-order valence-corrected chi connectivity index (χ1v) is 9.91. The average molecular weight is 354 g/mol. The van der Waals surface area contributed by atoms with E-state index in [-0.39, 0.29) is 11.9 Å². The molecule has 1 aliphatic rings. The van der Waals surface area contributed by atoms with Gasteiger partial charge >= 0.3 is 0 Å². The second-order valence-electron chi connectivity index (χ2n) is 6.37. The van der Waals surface area contributed by atoms with Gasteiger partial charge in [-0.25, -0.2) is 12.7 Å². The Labute approximate surface area is 144 Å². The monoisotopic (exact) mass is 354 g/mol. The maximum Gasteiger partial charge on any atom is 0.226 e. The predicted molar refractivity (Wildman–Crippen MR) is 93.6 cm³/mol. The number of piperidine rings is 1. The summed E-state index contributed by atoms with van der Waals surface area (Å²) in [6, 6.07) is 5.77. The second kappa shape index (κ2) is 7.53. The van der Waals surface area contributed by atoms with Crippen LogP contribution in [0.2, 0.25) is 0 Å². The number of likely N-dealkylation sites (tertiary alicyclic amines) is 1. The fourth-order valence-corrected chi connectivity index (χ4v) is 3.76. The molecule has 1 amide bonds. The van der Waals surface area contributed by atoms with E-state index in [1.54, 1.807) is 14.2 Å². The number of amides is 1. The van der Waals surface area contributed by atoms with Crippen LogP contribution in [0, 0.1) is 6.92 Å². The van der Waals surface area contributed by atoms with E-state index in [9.17, 15) is 13.2 Å². The third-order valence-electron chi connectivity index (χ3n) is 4.68. The number of hydrogen-bond donors (Lipinski definition) is 0. The van der Waals surface area contributed by atoms with Gasteiger partial charge in [0.15, 0.2) is 0 Å². The molecule has 1 fully saturated rings. The van der Waals surface area contributed by atoms with Gasteiger partial charge in [-0.2, -0.15) is 0 Å². The Morgan fingerprint density at radius 1 is 1.33 bits per heavy atom. The highest BCUT2D eigenvalue weighted by molar-refractivity contribution is 7.88. The lowest BCUT2D eigenvalue weighted by molar-refractivity contribution is -0.131. The van der Waals surface area contributed by atoms with Crippen molar-refractivity contribution in [1.29, 1.82) is 0 Å². The minimum Gasteiger partial charge on any atom is -0.496 e. The highest BCUT2D eigenvalue weighted by atomic mass is 32.2. The number of benzene rings is 1. The van der Waals surface area contributed by atoms with Gasteiger partial charge in [0.05, 0.1) is 19.8 Å². The molecule has 0 spiro atoms. The highest BCUT2D eigenvalue weighted by Gasteiger charge is 2.28. The Bertz CT molecular complexity index is 695. The molecule has 1 aromatic carbocycles. The van der Waals surface area contributed by atoms with Crippen LogP contribution in [0.25, 0.3) is 0 Å². The molecular weight excluding hydrogens is 328 g/mol. The number of sulfonamides is 1. The Morgan fingerprint density at radius 3 is 2.50 bits per heavy atom. The smallest absolute Gasteiger partial charge is 0.226 e. The summed E-state index contributed by atoms with van der Waals surface area (Å²) in [5.41, 5.74) is 1.97. The maximum atomic E-state index is 12.5. The molecule has 0 atom stereocenters. The van der Waals surface area contributed by atoms with Crippen LogP contribution in [0.5, 0.6) is 5.75 Å². The summed E-state index contributed by atoms with van der Waals surface area (Å²) in [7, 11) is 0.0447. The summed E-state index contributed by atoms with van der Waals surface area (Å²) >= 11 is 0. The van der Waals surface area contributed by atoms with E-state index in [0.29, 0.717) is 32.4 Å². The molecule has 134 valence electrons. The molecule has 1 aromatic rings. The number of carbonyl (C=O) groups excluding carboxylic acids is 1. The van der Waals surface area contributed by atoms with Crippen molar-refractivity contribution in [1.82, 2.24) is 9.21 Å². The van der Waals surface area contributed by atoms with Crippen LogP contribution in [-0.4, -0.2) is 63.1 Å². The third kappa shape index (κ3) is 4.48. The fraction of sp³-hybridized carbons (Fsp3) is 0.588. The quantitative estimate of drug-likeness (QED) is 0.802. The minimum atomic E-state index is -3.18. The van der Waals surface area contributed by atoms with Crippen LogP contribution in [-0.2, 0) is 21.2 Å². The SMILES string of the molecule is COc1cc(CC(=O)N2CCC(N(C)S(C)(=O)=O)CC2)ccc1C. The van der Waals surface area contributed by atoms with Crippen molar-refractivity contribution in [3.63, 3.8) is 0 Å². The zero-order valence-corrected chi connectivity index (χ0v) is 15.6. The largest absolute Gasteiger partial charge is 0.496 e. The fourth-order valence-electron chi connectivity index (χ4n) is 3.01. The molecule has 0 aromatic heterocycles. The van der Waals surface area contributed by atoms with E-state index in [1.165, 1.54) is 10.6 Å². The molecule has 0 radical (unpaired) electrons. The standard InChI is InChI=1S/C17H26N2O4S/c1-13-5-6-14(11-16(13)23-3)12-17(20)19-9-7-15(8-10-19)18(2)24(4,21)22/h5-6,11,15H,7-10,12H2,1-4H3. The van der Waals surface area contributed by atoms with Gasteiger partial charge in [0.25, 0.3) is 0 Å². The molecule has 0 N–H and O–H groups in total.